The number of carbonyl (C=O) groups excluding carboxylic acids is 1. The maximum atomic E-state index is 11.8. The molecule has 0 heterocycles. The van der Waals surface area contributed by atoms with Gasteiger partial charge in [-0.05, 0) is 24.5 Å². The molecule has 0 unspecified atom stereocenters. The maximum absolute atomic E-state index is 11.8. The molecule has 0 atom stereocenters. The molecule has 1 aromatic rings. The third-order valence-electron chi connectivity index (χ3n) is 3.21. The zero-order valence-electron chi connectivity index (χ0n) is 11.2. The third-order valence-corrected chi connectivity index (χ3v) is 3.21. The van der Waals surface area contributed by atoms with Gasteiger partial charge in [-0.1, -0.05) is 56.9 Å². The van der Waals surface area contributed by atoms with Crippen LogP contribution in [0.1, 0.15) is 56.6 Å². The molecule has 1 nitrogen and oxygen atoms in total. The average Bonchev–Trinajstić information content (AvgIpc) is 2.32. The van der Waals surface area contributed by atoms with Gasteiger partial charge in [-0.2, -0.15) is 0 Å². The van der Waals surface area contributed by atoms with Crippen LogP contribution in [0.5, 0.6) is 0 Å². The minimum Gasteiger partial charge on any atom is -0.299 e. The Morgan fingerprint density at radius 1 is 1.06 bits per heavy atom. The van der Waals surface area contributed by atoms with Gasteiger partial charge in [-0.3, -0.25) is 4.79 Å². The predicted octanol–water partition coefficient (Wildman–Crippen LogP) is 4.47. The monoisotopic (exact) mass is 232 g/mol. The lowest BCUT2D eigenvalue weighted by Gasteiger charge is -2.04. The zero-order chi connectivity index (χ0) is 12.5. The third kappa shape index (κ3) is 5.67. The summed E-state index contributed by atoms with van der Waals surface area (Å²) in [5, 5.41) is 0. The molecule has 0 aromatic heterocycles. The van der Waals surface area contributed by atoms with Crippen LogP contribution in [0.25, 0.3) is 0 Å². The number of rotatable bonds is 8. The standard InChI is InChI=1S/C16H24O/c1-3-4-5-6-7-12-16(17)13-15-11-9-8-10-14(15)2/h8-11H,3-7,12-13H2,1-2H3. The lowest BCUT2D eigenvalue weighted by atomic mass is 10.0. The SMILES string of the molecule is CCCCCCCC(=O)Cc1ccccc1C. The van der Waals surface area contributed by atoms with Crippen LogP contribution in [-0.2, 0) is 11.2 Å². The Kier molecular flexibility index (Phi) is 6.61. The molecule has 0 saturated heterocycles. The molecule has 0 aliphatic carbocycles. The molecule has 0 saturated carbocycles. The quantitative estimate of drug-likeness (QED) is 0.604. The van der Waals surface area contributed by atoms with Crippen molar-refractivity contribution in [1.82, 2.24) is 0 Å². The lowest BCUT2D eigenvalue weighted by molar-refractivity contribution is -0.118. The number of unbranched alkanes of at least 4 members (excludes halogenated alkanes) is 4. The Morgan fingerprint density at radius 2 is 1.76 bits per heavy atom. The van der Waals surface area contributed by atoms with Gasteiger partial charge in [-0.15, -0.1) is 0 Å². The summed E-state index contributed by atoms with van der Waals surface area (Å²) in [6, 6.07) is 8.17. The maximum Gasteiger partial charge on any atom is 0.137 e. The summed E-state index contributed by atoms with van der Waals surface area (Å²) in [6.45, 7) is 4.28. The number of ketones is 1. The fourth-order valence-corrected chi connectivity index (χ4v) is 2.03. The van der Waals surface area contributed by atoms with Crippen LogP contribution in [0.3, 0.4) is 0 Å². The van der Waals surface area contributed by atoms with Crippen molar-refractivity contribution in [3.8, 4) is 0 Å². The van der Waals surface area contributed by atoms with Crippen molar-refractivity contribution >= 4 is 5.78 Å². The zero-order valence-corrected chi connectivity index (χ0v) is 11.2. The molecule has 1 heteroatoms. The first-order valence-electron chi connectivity index (χ1n) is 6.80. The topological polar surface area (TPSA) is 17.1 Å². The van der Waals surface area contributed by atoms with E-state index in [9.17, 15) is 4.79 Å². The predicted molar refractivity (Wildman–Crippen MR) is 73.3 cm³/mol. The van der Waals surface area contributed by atoms with Gasteiger partial charge in [0.15, 0.2) is 0 Å². The van der Waals surface area contributed by atoms with E-state index in [-0.39, 0.29) is 0 Å². The Bertz CT molecular complexity index is 341. The highest BCUT2D eigenvalue weighted by atomic mass is 16.1. The van der Waals surface area contributed by atoms with Crippen molar-refractivity contribution < 1.29 is 4.79 Å². The number of Topliss-reactive ketones (excluding diaryl/α,β-unsaturated/α-hetero) is 1. The van der Waals surface area contributed by atoms with Gasteiger partial charge in [0.2, 0.25) is 0 Å². The molecule has 0 aliphatic rings. The van der Waals surface area contributed by atoms with Crippen molar-refractivity contribution in [3.63, 3.8) is 0 Å². The molecule has 17 heavy (non-hydrogen) atoms. The van der Waals surface area contributed by atoms with Gasteiger partial charge >= 0.3 is 0 Å². The molecular formula is C16H24O. The highest BCUT2D eigenvalue weighted by Gasteiger charge is 2.05. The van der Waals surface area contributed by atoms with E-state index >= 15 is 0 Å². The molecule has 0 spiro atoms. The van der Waals surface area contributed by atoms with Crippen LogP contribution in [0.4, 0.5) is 0 Å². The van der Waals surface area contributed by atoms with Gasteiger partial charge in [0.25, 0.3) is 0 Å². The smallest absolute Gasteiger partial charge is 0.137 e. The molecular weight excluding hydrogens is 208 g/mol. The van der Waals surface area contributed by atoms with Gasteiger partial charge in [0.05, 0.1) is 0 Å². The summed E-state index contributed by atoms with van der Waals surface area (Å²) in [5.41, 5.74) is 2.41. The molecule has 1 aromatic carbocycles. The number of hydrogen-bond donors (Lipinski definition) is 0. The van der Waals surface area contributed by atoms with Crippen molar-refractivity contribution in [3.05, 3.63) is 35.4 Å². The highest BCUT2D eigenvalue weighted by Crippen LogP contribution is 2.11. The van der Waals surface area contributed by atoms with E-state index < -0.39 is 0 Å². The summed E-state index contributed by atoms with van der Waals surface area (Å²) in [5.74, 6) is 0.385. The van der Waals surface area contributed by atoms with Crippen LogP contribution in [0.2, 0.25) is 0 Å². The minimum absolute atomic E-state index is 0.385. The minimum atomic E-state index is 0.385. The normalized spacial score (nSPS) is 10.5. The van der Waals surface area contributed by atoms with Crippen LogP contribution in [-0.4, -0.2) is 5.78 Å². The Morgan fingerprint density at radius 3 is 2.47 bits per heavy atom. The van der Waals surface area contributed by atoms with Gasteiger partial charge in [-0.25, -0.2) is 0 Å². The van der Waals surface area contributed by atoms with E-state index in [1.165, 1.54) is 36.8 Å². The number of aryl methyl sites for hydroxylation is 1. The number of benzene rings is 1. The van der Waals surface area contributed by atoms with E-state index in [0.29, 0.717) is 12.2 Å². The fourth-order valence-electron chi connectivity index (χ4n) is 2.03. The molecule has 0 aliphatic heterocycles. The van der Waals surface area contributed by atoms with E-state index in [2.05, 4.69) is 26.0 Å². The first-order chi connectivity index (χ1) is 8.24. The van der Waals surface area contributed by atoms with E-state index in [0.717, 1.165) is 12.8 Å². The second-order valence-electron chi connectivity index (χ2n) is 4.81. The number of carbonyl (C=O) groups is 1. The highest BCUT2D eigenvalue weighted by molar-refractivity contribution is 5.81. The second kappa shape index (κ2) is 8.05. The van der Waals surface area contributed by atoms with E-state index in [1.54, 1.807) is 0 Å². The summed E-state index contributed by atoms with van der Waals surface area (Å²) in [6.07, 6.45) is 7.45. The Hall–Kier alpha value is -1.11. The molecule has 0 bridgehead atoms. The summed E-state index contributed by atoms with van der Waals surface area (Å²) in [4.78, 5) is 11.8. The Labute approximate surface area is 105 Å². The summed E-state index contributed by atoms with van der Waals surface area (Å²) >= 11 is 0. The van der Waals surface area contributed by atoms with E-state index in [4.69, 9.17) is 0 Å². The molecule has 0 N–H and O–H groups in total. The van der Waals surface area contributed by atoms with Crippen LogP contribution in [0.15, 0.2) is 24.3 Å². The molecule has 1 rings (SSSR count). The van der Waals surface area contributed by atoms with E-state index in [1.807, 2.05) is 12.1 Å². The van der Waals surface area contributed by atoms with Crippen molar-refractivity contribution in [2.24, 2.45) is 0 Å². The summed E-state index contributed by atoms with van der Waals surface area (Å²) in [7, 11) is 0. The van der Waals surface area contributed by atoms with Crippen LogP contribution in [0, 0.1) is 6.92 Å². The number of hydrogen-bond acceptors (Lipinski definition) is 1. The molecule has 0 radical (unpaired) electrons. The summed E-state index contributed by atoms with van der Waals surface area (Å²) < 4.78 is 0. The van der Waals surface area contributed by atoms with Crippen molar-refractivity contribution in [2.75, 3.05) is 0 Å². The fraction of sp³-hybridized carbons (Fsp3) is 0.562. The largest absolute Gasteiger partial charge is 0.299 e. The van der Waals surface area contributed by atoms with Gasteiger partial charge in [0.1, 0.15) is 5.78 Å². The Balaban J connectivity index is 2.23. The van der Waals surface area contributed by atoms with Gasteiger partial charge in [0, 0.05) is 12.8 Å². The second-order valence-corrected chi connectivity index (χ2v) is 4.81. The first-order valence-corrected chi connectivity index (χ1v) is 6.80. The van der Waals surface area contributed by atoms with Crippen LogP contribution >= 0.6 is 0 Å². The van der Waals surface area contributed by atoms with Gasteiger partial charge < -0.3 is 0 Å². The molecule has 0 amide bonds. The lowest BCUT2D eigenvalue weighted by Crippen LogP contribution is -2.03. The average molecular weight is 232 g/mol. The first kappa shape index (κ1) is 14.0. The molecule has 0 fully saturated rings. The van der Waals surface area contributed by atoms with Crippen LogP contribution < -0.4 is 0 Å². The molecule has 94 valence electrons. The van der Waals surface area contributed by atoms with Crippen molar-refractivity contribution in [2.45, 2.75) is 58.8 Å². The van der Waals surface area contributed by atoms with Crippen molar-refractivity contribution in [1.29, 1.82) is 0 Å².